The molecule has 1 N–H and O–H groups in total. The minimum Gasteiger partial charge on any atom is -0.378 e. The van der Waals surface area contributed by atoms with Crippen LogP contribution in [0.4, 0.5) is 11.4 Å². The number of piperidine rings is 1. The molecule has 0 aromatic heterocycles. The third-order valence-electron chi connectivity index (χ3n) is 5.51. The van der Waals surface area contributed by atoms with E-state index in [1.807, 2.05) is 18.2 Å². The summed E-state index contributed by atoms with van der Waals surface area (Å²) in [4.78, 5) is 13.1. The van der Waals surface area contributed by atoms with Gasteiger partial charge in [0.15, 0.2) is 9.84 Å². The molecular formula is C21H27N3O4S. The van der Waals surface area contributed by atoms with Crippen LogP contribution in [-0.4, -0.2) is 44.1 Å². The van der Waals surface area contributed by atoms with Gasteiger partial charge < -0.3 is 5.32 Å². The molecule has 1 unspecified atom stereocenters. The van der Waals surface area contributed by atoms with Crippen molar-refractivity contribution in [2.75, 3.05) is 31.2 Å². The molecule has 0 aliphatic carbocycles. The Labute approximate surface area is 171 Å². The number of hydrogen-bond donors (Lipinski definition) is 1. The van der Waals surface area contributed by atoms with Crippen LogP contribution >= 0.6 is 0 Å². The van der Waals surface area contributed by atoms with Gasteiger partial charge in [-0.2, -0.15) is 0 Å². The summed E-state index contributed by atoms with van der Waals surface area (Å²) in [6.45, 7) is 4.64. The molecule has 2 aromatic carbocycles. The van der Waals surface area contributed by atoms with Gasteiger partial charge in [-0.15, -0.1) is 0 Å². The highest BCUT2D eigenvalue weighted by molar-refractivity contribution is 7.90. The Morgan fingerprint density at radius 3 is 2.38 bits per heavy atom. The lowest BCUT2D eigenvalue weighted by atomic mass is 9.95. The van der Waals surface area contributed by atoms with Crippen LogP contribution in [0, 0.1) is 16.0 Å². The summed E-state index contributed by atoms with van der Waals surface area (Å²) in [5.74, 6) is 0.697. The first-order valence-corrected chi connectivity index (χ1v) is 11.7. The molecule has 2 aromatic rings. The van der Waals surface area contributed by atoms with Gasteiger partial charge in [-0.25, -0.2) is 8.42 Å². The second-order valence-corrected chi connectivity index (χ2v) is 9.69. The van der Waals surface area contributed by atoms with Crippen molar-refractivity contribution < 1.29 is 13.3 Å². The Morgan fingerprint density at radius 2 is 1.79 bits per heavy atom. The number of rotatable bonds is 7. The van der Waals surface area contributed by atoms with Crippen LogP contribution in [-0.2, 0) is 9.84 Å². The smallest absolute Gasteiger partial charge is 0.310 e. The second-order valence-electron chi connectivity index (χ2n) is 7.71. The zero-order valence-corrected chi connectivity index (χ0v) is 17.6. The lowest BCUT2D eigenvalue weighted by Crippen LogP contribution is -2.39. The van der Waals surface area contributed by atoms with Gasteiger partial charge in [0.25, 0.3) is 0 Å². The number of nitro benzene ring substituents is 1. The van der Waals surface area contributed by atoms with Gasteiger partial charge in [0, 0.05) is 12.8 Å². The molecule has 0 bridgehead atoms. The van der Waals surface area contributed by atoms with Crippen molar-refractivity contribution in [2.24, 2.45) is 5.92 Å². The van der Waals surface area contributed by atoms with E-state index in [1.54, 1.807) is 6.07 Å². The number of nitro groups is 1. The summed E-state index contributed by atoms with van der Waals surface area (Å²) in [6, 6.07) is 14.5. The van der Waals surface area contributed by atoms with E-state index >= 15 is 0 Å². The lowest BCUT2D eigenvalue weighted by molar-refractivity contribution is -0.386. The number of likely N-dealkylation sites (tertiary alicyclic amines) is 1. The molecule has 1 aliphatic heterocycles. The van der Waals surface area contributed by atoms with E-state index in [-0.39, 0.29) is 16.6 Å². The van der Waals surface area contributed by atoms with Crippen molar-refractivity contribution in [3.63, 3.8) is 0 Å². The first-order chi connectivity index (χ1) is 13.8. The van der Waals surface area contributed by atoms with Crippen molar-refractivity contribution >= 4 is 21.2 Å². The van der Waals surface area contributed by atoms with Crippen molar-refractivity contribution in [3.8, 4) is 0 Å². The molecule has 0 spiro atoms. The average Bonchev–Trinajstić information content (AvgIpc) is 2.69. The highest BCUT2D eigenvalue weighted by atomic mass is 32.2. The van der Waals surface area contributed by atoms with Gasteiger partial charge in [0.2, 0.25) is 0 Å². The molecule has 0 saturated carbocycles. The number of nitrogens with one attached hydrogen (secondary N) is 1. The van der Waals surface area contributed by atoms with Crippen LogP contribution in [0.2, 0.25) is 0 Å². The molecule has 0 amide bonds. The van der Waals surface area contributed by atoms with Gasteiger partial charge in [0.1, 0.15) is 10.6 Å². The number of nitrogens with zero attached hydrogens (tertiary/aromatic N) is 2. The fourth-order valence-corrected chi connectivity index (χ4v) is 4.69. The Balaban J connectivity index is 1.89. The summed E-state index contributed by atoms with van der Waals surface area (Å²) >= 11 is 0. The van der Waals surface area contributed by atoms with E-state index < -0.39 is 20.4 Å². The summed E-state index contributed by atoms with van der Waals surface area (Å²) in [5.41, 5.74) is 0.967. The van der Waals surface area contributed by atoms with E-state index in [9.17, 15) is 18.5 Å². The summed E-state index contributed by atoms with van der Waals surface area (Å²) < 4.78 is 24.0. The van der Waals surface area contributed by atoms with Crippen LogP contribution in [0.25, 0.3) is 0 Å². The third-order valence-corrected chi connectivity index (χ3v) is 6.64. The molecule has 1 saturated heterocycles. The predicted molar refractivity (Wildman–Crippen MR) is 114 cm³/mol. The van der Waals surface area contributed by atoms with Crippen LogP contribution in [0.15, 0.2) is 53.4 Å². The second kappa shape index (κ2) is 8.92. The van der Waals surface area contributed by atoms with E-state index in [0.29, 0.717) is 12.5 Å². The normalized spacial score (nSPS) is 17.0. The van der Waals surface area contributed by atoms with Crippen molar-refractivity contribution in [1.82, 2.24) is 4.90 Å². The zero-order valence-electron chi connectivity index (χ0n) is 16.7. The average molecular weight is 418 g/mol. The molecule has 7 nitrogen and oxygen atoms in total. The number of anilines is 1. The van der Waals surface area contributed by atoms with Gasteiger partial charge >= 0.3 is 5.69 Å². The lowest BCUT2D eigenvalue weighted by Gasteiger charge is -2.37. The molecule has 1 aliphatic rings. The molecular weight excluding hydrogens is 390 g/mol. The number of hydrogen-bond acceptors (Lipinski definition) is 6. The highest BCUT2D eigenvalue weighted by Gasteiger charge is 2.28. The van der Waals surface area contributed by atoms with E-state index in [0.717, 1.165) is 37.8 Å². The predicted octanol–water partition coefficient (Wildman–Crippen LogP) is 3.88. The topological polar surface area (TPSA) is 92.6 Å². The van der Waals surface area contributed by atoms with Crippen molar-refractivity contribution in [2.45, 2.75) is 30.7 Å². The number of sulfone groups is 1. The van der Waals surface area contributed by atoms with Gasteiger partial charge in [-0.1, -0.05) is 43.3 Å². The van der Waals surface area contributed by atoms with E-state index in [2.05, 4.69) is 29.3 Å². The monoisotopic (exact) mass is 417 g/mol. The SMILES string of the molecule is CC1CCN(C(CNc2cccc(S(C)(=O)=O)c2[N+](=O)[O-])c2ccccc2)CC1. The Morgan fingerprint density at radius 1 is 1.14 bits per heavy atom. The quantitative estimate of drug-likeness (QED) is 0.543. The highest BCUT2D eigenvalue weighted by Crippen LogP contribution is 2.33. The maximum atomic E-state index is 12.0. The van der Waals surface area contributed by atoms with Crippen LogP contribution in [0.5, 0.6) is 0 Å². The van der Waals surface area contributed by atoms with Crippen molar-refractivity contribution in [3.05, 3.63) is 64.2 Å². The molecule has 8 heteroatoms. The third kappa shape index (κ3) is 5.13. The van der Waals surface area contributed by atoms with Crippen LogP contribution in [0.3, 0.4) is 0 Å². The van der Waals surface area contributed by atoms with E-state index in [4.69, 9.17) is 0 Å². The van der Waals surface area contributed by atoms with Crippen molar-refractivity contribution in [1.29, 1.82) is 0 Å². The van der Waals surface area contributed by atoms with Gasteiger partial charge in [-0.3, -0.25) is 15.0 Å². The molecule has 0 radical (unpaired) electrons. The minimum atomic E-state index is -3.71. The summed E-state index contributed by atoms with van der Waals surface area (Å²) in [7, 11) is -3.71. The minimum absolute atomic E-state index is 0.0465. The Hall–Kier alpha value is -2.45. The maximum Gasteiger partial charge on any atom is 0.310 e. The fraction of sp³-hybridized carbons (Fsp3) is 0.429. The molecule has 156 valence electrons. The first kappa shape index (κ1) is 21.3. The first-order valence-electron chi connectivity index (χ1n) is 9.77. The molecule has 1 fully saturated rings. The molecule has 3 rings (SSSR count). The maximum absolute atomic E-state index is 12.0. The number of para-hydroxylation sites is 1. The number of benzene rings is 2. The Kier molecular flexibility index (Phi) is 6.54. The van der Waals surface area contributed by atoms with Gasteiger partial charge in [0.05, 0.1) is 11.0 Å². The van der Waals surface area contributed by atoms with Gasteiger partial charge in [-0.05, 0) is 49.5 Å². The Bertz CT molecular complexity index is 955. The van der Waals surface area contributed by atoms with E-state index in [1.165, 1.54) is 12.1 Å². The largest absolute Gasteiger partial charge is 0.378 e. The fourth-order valence-electron chi connectivity index (χ4n) is 3.83. The summed E-state index contributed by atoms with van der Waals surface area (Å²) in [6.07, 6.45) is 3.22. The molecule has 1 heterocycles. The molecule has 1 atom stereocenters. The van der Waals surface area contributed by atoms with Crippen LogP contribution in [0.1, 0.15) is 31.4 Å². The standard InChI is InChI=1S/C21H27N3O4S/c1-16-11-13-23(14-12-16)19(17-7-4-3-5-8-17)15-22-18-9-6-10-20(29(2,27)28)21(18)24(25)26/h3-10,16,19,22H,11-15H2,1-2H3. The molecule has 29 heavy (non-hydrogen) atoms. The zero-order chi connectivity index (χ0) is 21.0. The summed E-state index contributed by atoms with van der Waals surface area (Å²) in [5, 5.41) is 14.8. The van der Waals surface area contributed by atoms with Crippen LogP contribution < -0.4 is 5.32 Å².